The number of hydrogen-bond donors (Lipinski definition) is 5. The quantitative estimate of drug-likeness (QED) is 0.0196. The number of esters is 1. The zero-order chi connectivity index (χ0) is 38.9. The summed E-state index contributed by atoms with van der Waals surface area (Å²) < 4.78 is 71.4. The van der Waals surface area contributed by atoms with Gasteiger partial charge in [-0.25, -0.2) is 18.2 Å². The number of ether oxygens (including phenoxy) is 2. The van der Waals surface area contributed by atoms with E-state index >= 15 is 0 Å². The van der Waals surface area contributed by atoms with Gasteiger partial charge in [0.25, 0.3) is 5.56 Å². The van der Waals surface area contributed by atoms with E-state index in [9.17, 15) is 37.9 Å². The Morgan fingerprint density at radius 3 is 2.04 bits per heavy atom. The van der Waals surface area contributed by atoms with Crippen LogP contribution in [0.15, 0.2) is 52.2 Å². The number of carbonyl (C=O) groups excluding carboxylic acids is 1. The Balaban J connectivity index is 0.00000756. The number of phosphoric acid groups is 2. The van der Waals surface area contributed by atoms with Crippen LogP contribution in [-0.2, 0) is 47.5 Å². The zero-order valence-electron chi connectivity index (χ0n) is 32.0. The van der Waals surface area contributed by atoms with Gasteiger partial charge >= 0.3 is 34.9 Å². The number of unbranched alkanes of at least 4 members (excludes halogenated alkanes) is 10. The van der Waals surface area contributed by atoms with Crippen molar-refractivity contribution in [3.05, 3.63) is 74.6 Å². The number of phosphoric ester groups is 1. The molecule has 0 bridgehead atoms. The second kappa shape index (κ2) is 24.9. The molecule has 2 heterocycles. The predicted molar refractivity (Wildman–Crippen MR) is 208 cm³/mol. The Labute approximate surface area is 322 Å². The van der Waals surface area contributed by atoms with Crippen molar-refractivity contribution >= 4 is 29.2 Å². The molecule has 0 aliphatic carbocycles. The van der Waals surface area contributed by atoms with Gasteiger partial charge in [-0.2, -0.15) is 4.31 Å². The molecule has 0 saturated carbocycles. The van der Waals surface area contributed by atoms with Gasteiger partial charge < -0.3 is 36.1 Å². The fourth-order valence-corrected chi connectivity index (χ4v) is 10.1. The molecular formula is C34H59N4O14P3. The number of carbonyl (C=O) groups is 1. The third-order valence-corrected chi connectivity index (χ3v) is 13.5. The molecular weight excluding hydrogens is 781 g/mol. The van der Waals surface area contributed by atoms with Gasteiger partial charge in [0.15, 0.2) is 6.23 Å². The number of hydrogen-bond acceptors (Lipinski definition) is 14. The molecule has 3 unspecified atom stereocenters. The Bertz CT molecular complexity index is 1750. The van der Waals surface area contributed by atoms with Crippen LogP contribution in [0.5, 0.6) is 5.75 Å². The van der Waals surface area contributed by atoms with Crippen LogP contribution in [0, 0.1) is 6.92 Å². The van der Waals surface area contributed by atoms with E-state index in [0.29, 0.717) is 30.6 Å². The van der Waals surface area contributed by atoms with Gasteiger partial charge in [0.2, 0.25) is 0 Å². The van der Waals surface area contributed by atoms with Crippen molar-refractivity contribution in [3.8, 4) is 5.75 Å². The Morgan fingerprint density at radius 1 is 0.818 bits per heavy atom. The minimum atomic E-state index is -5.53. The minimum Gasteiger partial charge on any atom is -0.427 e. The minimum absolute atomic E-state index is 0. The summed E-state index contributed by atoms with van der Waals surface area (Å²) in [6, 6.07) is 6.19. The van der Waals surface area contributed by atoms with E-state index in [1.807, 2.05) is 6.92 Å². The fraction of sp³-hybridized carbons (Fsp3) is 0.618. The lowest BCUT2D eigenvalue weighted by atomic mass is 10.1. The molecule has 0 spiro atoms. The molecule has 0 fully saturated rings. The lowest BCUT2D eigenvalue weighted by Gasteiger charge is -2.23. The van der Waals surface area contributed by atoms with Crippen LogP contribution < -0.4 is 28.3 Å². The summed E-state index contributed by atoms with van der Waals surface area (Å²) in [5, 5.41) is 0. The number of aromatic amines is 1. The number of H-pyrrole nitrogens is 1. The molecule has 18 nitrogen and oxygen atoms in total. The first-order valence-corrected chi connectivity index (χ1v) is 22.8. The van der Waals surface area contributed by atoms with Gasteiger partial charge in [-0.15, -0.1) is 0 Å². The number of aromatic nitrogens is 2. The topological polar surface area (TPSA) is 289 Å². The molecule has 21 heteroatoms. The molecule has 1 aromatic heterocycles. The van der Waals surface area contributed by atoms with Gasteiger partial charge in [0.1, 0.15) is 11.9 Å². The molecule has 2 aromatic rings. The highest BCUT2D eigenvalue weighted by molar-refractivity contribution is 7.68. The van der Waals surface area contributed by atoms with Crippen molar-refractivity contribution in [1.29, 1.82) is 0 Å². The average molecular weight is 841 g/mol. The maximum Gasteiger partial charge on any atom is 0.488 e. The third-order valence-electron chi connectivity index (χ3n) is 8.16. The second-order valence-electron chi connectivity index (χ2n) is 12.8. The summed E-state index contributed by atoms with van der Waals surface area (Å²) in [6.45, 7) is 4.66. The lowest BCUT2D eigenvalue weighted by molar-refractivity contribution is -0.134. The summed E-state index contributed by atoms with van der Waals surface area (Å²) in [5.41, 5.74) is -0.564. The standard InChI is InChI=1S/C34H53N2O14P3.2H3N/c1-4-6-8-9-10-11-12-13-14-15-23-51(40,45-25-28-17-19-29(20-18-28)48-32(37)16-7-5-2)49-53(43,44)50-52(41,42)46-26-30-21-22-31(47-30)36-24-27(3)33(38)35-34(36)39;;/h17-22,24,30-31H,4-16,23,25-26H2,1-3H3,(H,41,42)(H,43,44)(H,35,38,39);2*1H3/t30-,31+,51?;;/m0../s1. The van der Waals surface area contributed by atoms with Crippen molar-refractivity contribution < 1.29 is 55.4 Å². The third kappa shape index (κ3) is 19.0. The monoisotopic (exact) mass is 840 g/mol. The molecule has 0 saturated heterocycles. The van der Waals surface area contributed by atoms with E-state index in [0.717, 1.165) is 36.7 Å². The Hall–Kier alpha value is -2.56. The molecule has 9 N–H and O–H groups in total. The molecule has 3 rings (SSSR count). The Kier molecular flexibility index (Phi) is 22.9. The number of nitrogens with one attached hydrogen (secondary N) is 1. The first-order valence-electron chi connectivity index (χ1n) is 18.1. The fourth-order valence-electron chi connectivity index (χ4n) is 5.26. The highest BCUT2D eigenvalue weighted by atomic mass is 31.3. The van der Waals surface area contributed by atoms with E-state index in [2.05, 4.69) is 16.2 Å². The van der Waals surface area contributed by atoms with Gasteiger partial charge in [-0.3, -0.25) is 28.2 Å². The van der Waals surface area contributed by atoms with Gasteiger partial charge in [0.05, 0.1) is 19.4 Å². The van der Waals surface area contributed by atoms with Crippen molar-refractivity contribution in [2.45, 2.75) is 123 Å². The summed E-state index contributed by atoms with van der Waals surface area (Å²) in [7, 11) is -15.3. The van der Waals surface area contributed by atoms with E-state index in [-0.39, 0.29) is 43.0 Å². The summed E-state index contributed by atoms with van der Waals surface area (Å²) in [5.74, 6) is -0.0655. The predicted octanol–water partition coefficient (Wildman–Crippen LogP) is 8.30. The van der Waals surface area contributed by atoms with Crippen molar-refractivity contribution in [2.75, 3.05) is 12.8 Å². The van der Waals surface area contributed by atoms with E-state index < -0.39 is 53.4 Å². The van der Waals surface area contributed by atoms with E-state index in [1.165, 1.54) is 63.1 Å². The summed E-state index contributed by atoms with van der Waals surface area (Å²) in [6.07, 6.45) is 13.5. The van der Waals surface area contributed by atoms with Crippen LogP contribution in [0.3, 0.4) is 0 Å². The van der Waals surface area contributed by atoms with Crippen LogP contribution >= 0.6 is 23.2 Å². The van der Waals surface area contributed by atoms with Crippen molar-refractivity contribution in [1.82, 2.24) is 21.9 Å². The van der Waals surface area contributed by atoms with Gasteiger partial charge in [-0.1, -0.05) is 96.3 Å². The maximum absolute atomic E-state index is 13.8. The summed E-state index contributed by atoms with van der Waals surface area (Å²) >= 11 is 0. The molecule has 0 amide bonds. The van der Waals surface area contributed by atoms with Crippen LogP contribution in [-0.4, -0.2) is 44.2 Å². The highest BCUT2D eigenvalue weighted by Gasteiger charge is 2.42. The van der Waals surface area contributed by atoms with Gasteiger partial charge in [-0.05, 0) is 43.5 Å². The smallest absolute Gasteiger partial charge is 0.427 e. The van der Waals surface area contributed by atoms with Crippen LogP contribution in [0.2, 0.25) is 0 Å². The molecule has 1 aliphatic heterocycles. The largest absolute Gasteiger partial charge is 0.488 e. The van der Waals surface area contributed by atoms with Crippen LogP contribution in [0.4, 0.5) is 0 Å². The van der Waals surface area contributed by atoms with E-state index in [1.54, 1.807) is 12.1 Å². The van der Waals surface area contributed by atoms with Gasteiger partial charge in [0, 0.05) is 18.2 Å². The molecule has 0 radical (unpaired) electrons. The van der Waals surface area contributed by atoms with Crippen molar-refractivity contribution in [3.63, 3.8) is 0 Å². The lowest BCUT2D eigenvalue weighted by Crippen LogP contribution is -2.33. The number of rotatable bonds is 26. The molecule has 1 aromatic carbocycles. The summed E-state index contributed by atoms with van der Waals surface area (Å²) in [4.78, 5) is 58.7. The number of nitrogens with zero attached hydrogens (tertiary/aromatic N) is 1. The normalized spacial score (nSPS) is 18.3. The maximum atomic E-state index is 13.8. The van der Waals surface area contributed by atoms with Crippen LogP contribution in [0.25, 0.3) is 0 Å². The van der Waals surface area contributed by atoms with E-state index in [4.69, 9.17) is 22.8 Å². The number of aryl methyl sites for hydroxylation is 1. The molecule has 55 heavy (non-hydrogen) atoms. The van der Waals surface area contributed by atoms with Crippen LogP contribution in [0.1, 0.15) is 115 Å². The SMILES string of the molecule is CCCCCCCCCCCCP(=O)(OCc1ccc(OC(=O)CCCC)cc1)OP(=O)(O)OP(=O)(O)OC[C@@H]1C=C[C@H](n2cc(C)c(=O)[nH]c2=O)O1.N.N. The number of benzene rings is 1. The molecule has 5 atom stereocenters. The zero-order valence-corrected chi connectivity index (χ0v) is 34.7. The highest BCUT2D eigenvalue weighted by Crippen LogP contribution is 2.69. The molecule has 1 aliphatic rings. The van der Waals surface area contributed by atoms with Crippen molar-refractivity contribution in [2.24, 2.45) is 0 Å². The first-order chi connectivity index (χ1) is 25.1. The first kappa shape index (κ1) is 50.5. The Morgan fingerprint density at radius 2 is 1.42 bits per heavy atom. The second-order valence-corrected chi connectivity index (χ2v) is 18.2. The molecule has 314 valence electrons. The average Bonchev–Trinajstić information content (AvgIpc) is 3.57.